The summed E-state index contributed by atoms with van der Waals surface area (Å²) in [6, 6.07) is 0. The van der Waals surface area contributed by atoms with E-state index in [2.05, 4.69) is 5.16 Å². The first-order valence-corrected chi connectivity index (χ1v) is 3.55. The molecule has 0 aromatic heterocycles. The molecule has 0 radical (unpaired) electrons. The van der Waals surface area contributed by atoms with E-state index in [-0.39, 0.29) is 0 Å². The second-order valence-electron chi connectivity index (χ2n) is 2.49. The molecule has 0 aliphatic carbocycles. The van der Waals surface area contributed by atoms with E-state index in [9.17, 15) is 0 Å². The molecule has 0 aliphatic rings. The van der Waals surface area contributed by atoms with Crippen molar-refractivity contribution >= 4 is 6.21 Å². The summed E-state index contributed by atoms with van der Waals surface area (Å²) in [5.41, 5.74) is 0. The molecule has 0 unspecified atom stereocenters. The lowest BCUT2D eigenvalue weighted by Crippen LogP contribution is -2.46. The molecule has 0 aromatic carbocycles. The van der Waals surface area contributed by atoms with Gasteiger partial charge in [-0.2, -0.15) is 0 Å². The molecule has 0 spiro atoms. The van der Waals surface area contributed by atoms with Crippen LogP contribution >= 0.6 is 0 Å². The van der Waals surface area contributed by atoms with E-state index in [1.54, 1.807) is 0 Å². The highest BCUT2D eigenvalue weighted by molar-refractivity contribution is 5.62. The van der Waals surface area contributed by atoms with Crippen LogP contribution in [0.2, 0.25) is 0 Å². The zero-order chi connectivity index (χ0) is 10.4. The standard InChI is InChI=1S/C6H13NO6/c8-2-4(10)6(12)5(11)3(9)1-7-13/h1,3-6,8-13H,2H2/b7-1-/t3-,4-,5+,6-/m0/s1. The summed E-state index contributed by atoms with van der Waals surface area (Å²) in [4.78, 5) is 0. The molecule has 6 N–H and O–H groups in total. The molecule has 7 nitrogen and oxygen atoms in total. The number of aliphatic hydroxyl groups is 5. The number of hydrogen-bond donors (Lipinski definition) is 6. The second kappa shape index (κ2) is 5.84. The third-order valence-electron chi connectivity index (χ3n) is 1.50. The van der Waals surface area contributed by atoms with E-state index in [1.165, 1.54) is 0 Å². The lowest BCUT2D eigenvalue weighted by Gasteiger charge is -2.23. The van der Waals surface area contributed by atoms with Crippen LogP contribution in [0.1, 0.15) is 0 Å². The van der Waals surface area contributed by atoms with Gasteiger partial charge in [-0.1, -0.05) is 5.16 Å². The van der Waals surface area contributed by atoms with E-state index in [4.69, 9.17) is 30.7 Å². The fourth-order valence-electron chi connectivity index (χ4n) is 0.694. The Morgan fingerprint density at radius 1 is 1.08 bits per heavy atom. The Bertz CT molecular complexity index is 163. The largest absolute Gasteiger partial charge is 0.411 e. The summed E-state index contributed by atoms with van der Waals surface area (Å²) in [5, 5.41) is 54.6. The van der Waals surface area contributed by atoms with Gasteiger partial charge >= 0.3 is 0 Å². The maximum absolute atomic E-state index is 9.05. The molecule has 0 amide bonds. The zero-order valence-corrected chi connectivity index (χ0v) is 6.72. The van der Waals surface area contributed by atoms with E-state index in [1.807, 2.05) is 0 Å². The Balaban J connectivity index is 4.15. The Kier molecular flexibility index (Phi) is 5.51. The Hall–Kier alpha value is -0.730. The average molecular weight is 195 g/mol. The first-order chi connectivity index (χ1) is 6.04. The molecule has 0 fully saturated rings. The van der Waals surface area contributed by atoms with Gasteiger partial charge < -0.3 is 30.7 Å². The van der Waals surface area contributed by atoms with Gasteiger partial charge in [-0.05, 0) is 0 Å². The number of rotatable bonds is 5. The van der Waals surface area contributed by atoms with Gasteiger partial charge in [-0.25, -0.2) is 0 Å². The highest BCUT2D eigenvalue weighted by Crippen LogP contribution is 2.03. The molecule has 0 saturated carbocycles. The summed E-state index contributed by atoms with van der Waals surface area (Å²) < 4.78 is 0. The molecular weight excluding hydrogens is 182 g/mol. The summed E-state index contributed by atoms with van der Waals surface area (Å²) in [7, 11) is 0. The Labute approximate surface area is 74.2 Å². The molecular formula is C6H13NO6. The monoisotopic (exact) mass is 195 g/mol. The summed E-state index contributed by atoms with van der Waals surface area (Å²) >= 11 is 0. The van der Waals surface area contributed by atoms with Crippen LogP contribution < -0.4 is 0 Å². The van der Waals surface area contributed by atoms with Crippen LogP contribution in [0.25, 0.3) is 0 Å². The van der Waals surface area contributed by atoms with Gasteiger partial charge in [0.15, 0.2) is 0 Å². The minimum absolute atomic E-state index is 0.581. The van der Waals surface area contributed by atoms with Crippen molar-refractivity contribution in [3.8, 4) is 0 Å². The molecule has 7 heteroatoms. The molecule has 0 saturated heterocycles. The van der Waals surface area contributed by atoms with Gasteiger partial charge in [-0.15, -0.1) is 0 Å². The van der Waals surface area contributed by atoms with E-state index < -0.39 is 31.0 Å². The fourth-order valence-corrected chi connectivity index (χ4v) is 0.694. The SMILES string of the molecule is OC[C@H](O)[C@H](O)[C@H](O)[C@@H](O)/C=N\O. The minimum atomic E-state index is -1.72. The highest BCUT2D eigenvalue weighted by Gasteiger charge is 2.29. The van der Waals surface area contributed by atoms with Crippen LogP contribution in [-0.2, 0) is 0 Å². The van der Waals surface area contributed by atoms with E-state index in [0.29, 0.717) is 6.21 Å². The topological polar surface area (TPSA) is 134 Å². The van der Waals surface area contributed by atoms with E-state index >= 15 is 0 Å². The smallest absolute Gasteiger partial charge is 0.121 e. The molecule has 0 bridgehead atoms. The van der Waals surface area contributed by atoms with Crippen LogP contribution in [0.3, 0.4) is 0 Å². The quantitative estimate of drug-likeness (QED) is 0.156. The van der Waals surface area contributed by atoms with Gasteiger partial charge in [0.05, 0.1) is 12.8 Å². The third kappa shape index (κ3) is 3.66. The molecule has 0 aliphatic heterocycles. The first kappa shape index (κ1) is 12.3. The van der Waals surface area contributed by atoms with Gasteiger partial charge in [0.25, 0.3) is 0 Å². The van der Waals surface area contributed by atoms with Crippen molar-refractivity contribution in [2.45, 2.75) is 24.4 Å². The number of aliphatic hydroxyl groups excluding tert-OH is 5. The predicted molar refractivity (Wildman–Crippen MR) is 41.4 cm³/mol. The lowest BCUT2D eigenvalue weighted by atomic mass is 10.0. The second-order valence-corrected chi connectivity index (χ2v) is 2.49. The zero-order valence-electron chi connectivity index (χ0n) is 6.72. The summed E-state index contributed by atoms with van der Waals surface area (Å²) in [5.74, 6) is 0. The predicted octanol–water partition coefficient (Wildman–Crippen LogP) is -3.12. The summed E-state index contributed by atoms with van der Waals surface area (Å²) in [6.45, 7) is -0.749. The third-order valence-corrected chi connectivity index (χ3v) is 1.50. The molecule has 0 heterocycles. The molecule has 78 valence electrons. The maximum atomic E-state index is 9.05. The van der Waals surface area contributed by atoms with Crippen molar-refractivity contribution in [1.29, 1.82) is 0 Å². The van der Waals surface area contributed by atoms with Crippen LogP contribution in [0.4, 0.5) is 0 Å². The van der Waals surface area contributed by atoms with Crippen molar-refractivity contribution in [2.75, 3.05) is 6.61 Å². The Morgan fingerprint density at radius 3 is 2.00 bits per heavy atom. The molecule has 0 aromatic rings. The van der Waals surface area contributed by atoms with Crippen molar-refractivity contribution in [2.24, 2.45) is 5.16 Å². The van der Waals surface area contributed by atoms with Gasteiger partial charge in [0, 0.05) is 0 Å². The molecule has 13 heavy (non-hydrogen) atoms. The maximum Gasteiger partial charge on any atom is 0.121 e. The van der Waals surface area contributed by atoms with Crippen molar-refractivity contribution in [1.82, 2.24) is 0 Å². The molecule has 0 rings (SSSR count). The van der Waals surface area contributed by atoms with Crippen LogP contribution in [0.15, 0.2) is 5.16 Å². The van der Waals surface area contributed by atoms with Crippen molar-refractivity contribution in [3.63, 3.8) is 0 Å². The number of nitrogens with zero attached hydrogens (tertiary/aromatic N) is 1. The Morgan fingerprint density at radius 2 is 1.62 bits per heavy atom. The van der Waals surface area contributed by atoms with Crippen molar-refractivity contribution < 1.29 is 30.7 Å². The van der Waals surface area contributed by atoms with E-state index in [0.717, 1.165) is 0 Å². The van der Waals surface area contributed by atoms with Gasteiger partial charge in [0.2, 0.25) is 0 Å². The summed E-state index contributed by atoms with van der Waals surface area (Å²) in [6.07, 6.45) is -6.02. The highest BCUT2D eigenvalue weighted by atomic mass is 16.4. The number of oxime groups is 1. The van der Waals surface area contributed by atoms with Crippen LogP contribution in [0.5, 0.6) is 0 Å². The number of hydrogen-bond acceptors (Lipinski definition) is 7. The van der Waals surface area contributed by atoms with Crippen LogP contribution in [-0.4, -0.2) is 68.0 Å². The molecule has 4 atom stereocenters. The normalized spacial score (nSPS) is 21.3. The lowest BCUT2D eigenvalue weighted by molar-refractivity contribution is -0.100. The minimum Gasteiger partial charge on any atom is -0.411 e. The van der Waals surface area contributed by atoms with Crippen LogP contribution in [0, 0.1) is 0 Å². The van der Waals surface area contributed by atoms with Gasteiger partial charge in [0.1, 0.15) is 24.4 Å². The fraction of sp³-hybridized carbons (Fsp3) is 0.833. The average Bonchev–Trinajstić information content (AvgIpc) is 2.14. The van der Waals surface area contributed by atoms with Gasteiger partial charge in [-0.3, -0.25) is 0 Å². The first-order valence-electron chi connectivity index (χ1n) is 3.55. The van der Waals surface area contributed by atoms with Crippen molar-refractivity contribution in [3.05, 3.63) is 0 Å².